The predicted molar refractivity (Wildman–Crippen MR) is 144 cm³/mol. The maximum absolute atomic E-state index is 13.8. The first-order chi connectivity index (χ1) is 17.9. The Labute approximate surface area is 219 Å². The van der Waals surface area contributed by atoms with Gasteiger partial charge in [0.15, 0.2) is 16.9 Å². The molecule has 188 valence electrons. The minimum atomic E-state index is -0.684. The lowest BCUT2D eigenvalue weighted by Crippen LogP contribution is -2.29. The van der Waals surface area contributed by atoms with Crippen molar-refractivity contribution in [3.63, 3.8) is 0 Å². The number of amides is 1. The van der Waals surface area contributed by atoms with Crippen molar-refractivity contribution >= 4 is 28.5 Å². The fourth-order valence-electron chi connectivity index (χ4n) is 4.62. The molecule has 5 rings (SSSR count). The van der Waals surface area contributed by atoms with Crippen LogP contribution in [0.2, 0.25) is 5.02 Å². The van der Waals surface area contributed by atoms with Gasteiger partial charge in [-0.2, -0.15) is 0 Å². The predicted octanol–water partition coefficient (Wildman–Crippen LogP) is 6.46. The minimum Gasteiger partial charge on any atom is -0.490 e. The highest BCUT2D eigenvalue weighted by Gasteiger charge is 2.43. The van der Waals surface area contributed by atoms with E-state index in [1.807, 2.05) is 50.2 Å². The number of rotatable bonds is 8. The average molecular weight is 516 g/mol. The lowest BCUT2D eigenvalue weighted by Gasteiger charge is -2.26. The largest absolute Gasteiger partial charge is 0.490 e. The summed E-state index contributed by atoms with van der Waals surface area (Å²) in [4.78, 5) is 29.2. The van der Waals surface area contributed by atoms with E-state index in [0.29, 0.717) is 52.8 Å². The van der Waals surface area contributed by atoms with Crippen molar-refractivity contribution in [1.82, 2.24) is 4.90 Å². The molecule has 7 heteroatoms. The van der Waals surface area contributed by atoms with Gasteiger partial charge in [0.25, 0.3) is 5.91 Å². The van der Waals surface area contributed by atoms with Crippen molar-refractivity contribution in [3.05, 3.63) is 117 Å². The van der Waals surface area contributed by atoms with E-state index >= 15 is 0 Å². The number of hydrogen-bond donors (Lipinski definition) is 0. The summed E-state index contributed by atoms with van der Waals surface area (Å²) >= 11 is 6.19. The lowest BCUT2D eigenvalue weighted by molar-refractivity contribution is 0.0714. The fourth-order valence-corrected chi connectivity index (χ4v) is 4.80. The van der Waals surface area contributed by atoms with E-state index in [1.165, 1.54) is 0 Å². The molecule has 1 aliphatic rings. The summed E-state index contributed by atoms with van der Waals surface area (Å²) in [7, 11) is 0. The Balaban J connectivity index is 1.69. The molecular formula is C30H26ClNO5. The van der Waals surface area contributed by atoms with Crippen LogP contribution in [0.4, 0.5) is 0 Å². The molecule has 3 aromatic carbocycles. The molecule has 0 fully saturated rings. The van der Waals surface area contributed by atoms with Crippen LogP contribution in [0.5, 0.6) is 11.5 Å². The summed E-state index contributed by atoms with van der Waals surface area (Å²) in [5, 5.41) is 0.747. The molecule has 0 saturated carbocycles. The highest BCUT2D eigenvalue weighted by molar-refractivity contribution is 6.31. The second-order valence-corrected chi connectivity index (χ2v) is 9.31. The summed E-state index contributed by atoms with van der Waals surface area (Å²) in [5.41, 5.74) is 3.09. The standard InChI is InChI=1S/C30H26ClNO5/c1-4-14-36-24-12-10-20(15-25(24)35-5-2)27-26-28(33)22-16-21(31)11-13-23(22)37-29(26)30(34)32(27)17-19-8-6-18(3)7-9-19/h4,6-13,15-16,27H,1,5,14,17H2,2-3H3. The molecule has 4 aromatic rings. The summed E-state index contributed by atoms with van der Waals surface area (Å²) in [6.07, 6.45) is 1.65. The van der Waals surface area contributed by atoms with E-state index in [0.717, 1.165) is 11.1 Å². The number of benzene rings is 3. The van der Waals surface area contributed by atoms with Gasteiger partial charge in [0.2, 0.25) is 5.76 Å². The van der Waals surface area contributed by atoms with Crippen LogP contribution >= 0.6 is 11.6 Å². The molecule has 0 spiro atoms. The summed E-state index contributed by atoms with van der Waals surface area (Å²) in [6, 6.07) is 17.5. The van der Waals surface area contributed by atoms with Crippen molar-refractivity contribution in [3.8, 4) is 11.5 Å². The van der Waals surface area contributed by atoms with E-state index in [2.05, 4.69) is 6.58 Å². The van der Waals surface area contributed by atoms with Gasteiger partial charge in [0.05, 0.1) is 23.6 Å². The number of halogens is 1. The number of fused-ring (bicyclic) bond motifs is 2. The number of aryl methyl sites for hydroxylation is 1. The molecule has 0 saturated heterocycles. The molecule has 37 heavy (non-hydrogen) atoms. The zero-order valence-electron chi connectivity index (χ0n) is 20.6. The van der Waals surface area contributed by atoms with Gasteiger partial charge in [-0.25, -0.2) is 0 Å². The van der Waals surface area contributed by atoms with Crippen LogP contribution in [0.15, 0.2) is 82.5 Å². The second-order valence-electron chi connectivity index (χ2n) is 8.87. The fraction of sp³-hybridized carbons (Fsp3) is 0.200. The van der Waals surface area contributed by atoms with Crippen LogP contribution in [0.1, 0.15) is 45.8 Å². The van der Waals surface area contributed by atoms with Gasteiger partial charge in [-0.05, 0) is 55.3 Å². The van der Waals surface area contributed by atoms with Gasteiger partial charge in [0, 0.05) is 11.6 Å². The molecule has 1 atom stereocenters. The van der Waals surface area contributed by atoms with E-state index in [-0.39, 0.29) is 22.7 Å². The smallest absolute Gasteiger partial charge is 0.291 e. The van der Waals surface area contributed by atoms with Crippen LogP contribution in [0, 0.1) is 6.92 Å². The molecule has 1 amide bonds. The molecule has 1 aromatic heterocycles. The first-order valence-corrected chi connectivity index (χ1v) is 12.4. The van der Waals surface area contributed by atoms with Crippen LogP contribution in [-0.2, 0) is 6.54 Å². The topological polar surface area (TPSA) is 69.0 Å². The summed E-state index contributed by atoms with van der Waals surface area (Å²) in [6.45, 7) is 8.62. The molecule has 1 unspecified atom stereocenters. The number of nitrogens with zero attached hydrogens (tertiary/aromatic N) is 1. The Kier molecular flexibility index (Phi) is 6.76. The number of hydrogen-bond acceptors (Lipinski definition) is 5. The lowest BCUT2D eigenvalue weighted by atomic mass is 9.97. The van der Waals surface area contributed by atoms with Gasteiger partial charge in [-0.3, -0.25) is 9.59 Å². The zero-order valence-corrected chi connectivity index (χ0v) is 21.4. The van der Waals surface area contributed by atoms with E-state index in [4.69, 9.17) is 25.5 Å². The third-order valence-electron chi connectivity index (χ3n) is 6.34. The number of carbonyl (C=O) groups is 1. The van der Waals surface area contributed by atoms with Crippen molar-refractivity contribution < 1.29 is 18.7 Å². The third kappa shape index (κ3) is 4.60. The molecule has 2 heterocycles. The quantitative estimate of drug-likeness (QED) is 0.252. The highest BCUT2D eigenvalue weighted by Crippen LogP contribution is 2.42. The first-order valence-electron chi connectivity index (χ1n) is 12.0. The maximum atomic E-state index is 13.8. The Morgan fingerprint density at radius 3 is 2.54 bits per heavy atom. The SMILES string of the molecule is C=CCOc1ccc(C2c3c(oc4ccc(Cl)cc4c3=O)C(=O)N2Cc2ccc(C)cc2)cc1OCC. The van der Waals surface area contributed by atoms with Gasteiger partial charge >= 0.3 is 0 Å². The average Bonchev–Trinajstić information content (AvgIpc) is 3.16. The minimum absolute atomic E-state index is 0.0434. The Morgan fingerprint density at radius 1 is 1.03 bits per heavy atom. The van der Waals surface area contributed by atoms with Gasteiger partial charge < -0.3 is 18.8 Å². The van der Waals surface area contributed by atoms with Gasteiger partial charge in [0.1, 0.15) is 12.2 Å². The second kappa shape index (κ2) is 10.1. The van der Waals surface area contributed by atoms with E-state index in [9.17, 15) is 9.59 Å². The van der Waals surface area contributed by atoms with Crippen molar-refractivity contribution in [1.29, 1.82) is 0 Å². The van der Waals surface area contributed by atoms with Crippen LogP contribution < -0.4 is 14.9 Å². The zero-order chi connectivity index (χ0) is 26.1. The van der Waals surface area contributed by atoms with Gasteiger partial charge in [-0.1, -0.05) is 60.2 Å². The van der Waals surface area contributed by atoms with Crippen LogP contribution in [0.25, 0.3) is 11.0 Å². The maximum Gasteiger partial charge on any atom is 0.291 e. The summed E-state index contributed by atoms with van der Waals surface area (Å²) in [5.74, 6) is 0.769. The molecule has 0 N–H and O–H groups in total. The molecule has 1 aliphatic heterocycles. The highest BCUT2D eigenvalue weighted by atomic mass is 35.5. The number of ether oxygens (including phenoxy) is 2. The van der Waals surface area contributed by atoms with Crippen molar-refractivity contribution in [2.75, 3.05) is 13.2 Å². The Bertz CT molecular complexity index is 1560. The molecule has 0 bridgehead atoms. The molecule has 0 radical (unpaired) electrons. The van der Waals surface area contributed by atoms with Crippen molar-refractivity contribution in [2.45, 2.75) is 26.4 Å². The van der Waals surface area contributed by atoms with E-state index in [1.54, 1.807) is 35.2 Å². The molecular weight excluding hydrogens is 490 g/mol. The first kappa shape index (κ1) is 24.7. The van der Waals surface area contributed by atoms with Gasteiger partial charge in [-0.15, -0.1) is 0 Å². The Hall–Kier alpha value is -4.03. The van der Waals surface area contributed by atoms with Crippen LogP contribution in [0.3, 0.4) is 0 Å². The monoisotopic (exact) mass is 515 g/mol. The molecule has 6 nitrogen and oxygen atoms in total. The molecule has 0 aliphatic carbocycles. The van der Waals surface area contributed by atoms with E-state index < -0.39 is 6.04 Å². The van der Waals surface area contributed by atoms with Crippen molar-refractivity contribution in [2.24, 2.45) is 0 Å². The third-order valence-corrected chi connectivity index (χ3v) is 6.58. The number of carbonyl (C=O) groups excluding carboxylic acids is 1. The van der Waals surface area contributed by atoms with Crippen LogP contribution in [-0.4, -0.2) is 24.0 Å². The normalized spacial score (nSPS) is 14.6. The summed E-state index contributed by atoms with van der Waals surface area (Å²) < 4.78 is 17.6. The Morgan fingerprint density at radius 2 is 1.81 bits per heavy atom.